The molecule has 0 aromatic heterocycles. The number of alkyl halides is 1. The molecule has 4 aliphatic carbocycles. The van der Waals surface area contributed by atoms with Gasteiger partial charge in [0.25, 0.3) is 0 Å². The lowest BCUT2D eigenvalue weighted by Gasteiger charge is -2.58. The maximum atomic E-state index is 15.0. The number of aliphatic hydroxyl groups excluding tert-OH is 2. The van der Waals surface area contributed by atoms with E-state index in [-0.39, 0.29) is 34.9 Å². The number of hydrogen-bond acceptors (Lipinski definition) is 3. The summed E-state index contributed by atoms with van der Waals surface area (Å²) in [5.74, 6) is 0.184. The molecule has 0 aromatic carbocycles. The molecule has 132 valence electrons. The number of hydrogen-bond donors (Lipinski definition) is 2. The van der Waals surface area contributed by atoms with Gasteiger partial charge in [-0.25, -0.2) is 4.39 Å². The van der Waals surface area contributed by atoms with Gasteiger partial charge >= 0.3 is 0 Å². The molecule has 3 nitrogen and oxygen atoms in total. The third kappa shape index (κ3) is 1.93. The minimum absolute atomic E-state index is 0.0355. The van der Waals surface area contributed by atoms with Crippen molar-refractivity contribution < 1.29 is 19.4 Å². The molecule has 0 unspecified atom stereocenters. The standard InChI is InChI=1S/C20H27FO3/c1-10-6-13-12-8-15(21)14-7-11(22)4-5-19(14,2)17(12)16(23)9-20(13,3)18(10)24/h4-5,7,10,12-13,15-18,23-24H,6,8-9H2,1-3H3/t10-,12-,13-,15-,16-,17+,18+,19-,20-/m0/s1. The monoisotopic (exact) mass is 334 g/mol. The van der Waals surface area contributed by atoms with Gasteiger partial charge in [0.05, 0.1) is 12.2 Å². The molecule has 0 heterocycles. The highest BCUT2D eigenvalue weighted by Gasteiger charge is 2.64. The Morgan fingerprint density at radius 3 is 2.67 bits per heavy atom. The van der Waals surface area contributed by atoms with Crippen molar-refractivity contribution in [3.8, 4) is 0 Å². The van der Waals surface area contributed by atoms with E-state index in [0.29, 0.717) is 18.4 Å². The van der Waals surface area contributed by atoms with Crippen molar-refractivity contribution in [1.29, 1.82) is 0 Å². The normalized spacial score (nSPS) is 56.3. The Bertz CT molecular complexity index is 641. The van der Waals surface area contributed by atoms with Crippen LogP contribution in [-0.4, -0.2) is 34.4 Å². The number of ketones is 1. The third-order valence-corrected chi connectivity index (χ3v) is 7.75. The zero-order valence-corrected chi connectivity index (χ0v) is 14.6. The van der Waals surface area contributed by atoms with Gasteiger partial charge in [-0.1, -0.05) is 26.8 Å². The lowest BCUT2D eigenvalue weighted by atomic mass is 9.47. The molecule has 0 aromatic rings. The summed E-state index contributed by atoms with van der Waals surface area (Å²) in [4.78, 5) is 11.7. The molecule has 3 fully saturated rings. The van der Waals surface area contributed by atoms with Crippen molar-refractivity contribution in [3.63, 3.8) is 0 Å². The van der Waals surface area contributed by atoms with E-state index in [4.69, 9.17) is 0 Å². The smallest absolute Gasteiger partial charge is 0.178 e. The van der Waals surface area contributed by atoms with Crippen LogP contribution in [0, 0.1) is 34.5 Å². The van der Waals surface area contributed by atoms with Crippen molar-refractivity contribution in [2.24, 2.45) is 34.5 Å². The third-order valence-electron chi connectivity index (χ3n) is 7.75. The molecular weight excluding hydrogens is 307 g/mol. The molecule has 0 spiro atoms. The average Bonchev–Trinajstić information content (AvgIpc) is 2.72. The molecule has 3 saturated carbocycles. The van der Waals surface area contributed by atoms with Crippen LogP contribution in [0.5, 0.6) is 0 Å². The van der Waals surface area contributed by atoms with Crippen LogP contribution in [0.2, 0.25) is 0 Å². The van der Waals surface area contributed by atoms with Crippen LogP contribution in [0.1, 0.15) is 40.0 Å². The van der Waals surface area contributed by atoms with Crippen molar-refractivity contribution in [2.45, 2.75) is 58.4 Å². The Hall–Kier alpha value is -1.00. The number of carbonyl (C=O) groups is 1. The summed E-state index contributed by atoms with van der Waals surface area (Å²) in [6.07, 6.45) is 4.38. The molecule has 9 atom stereocenters. The zero-order valence-electron chi connectivity index (χ0n) is 14.6. The first-order valence-electron chi connectivity index (χ1n) is 9.14. The molecular formula is C20H27FO3. The number of halogens is 1. The minimum atomic E-state index is -1.15. The predicted molar refractivity (Wildman–Crippen MR) is 88.8 cm³/mol. The Labute approximate surface area is 142 Å². The lowest BCUT2D eigenvalue weighted by molar-refractivity contribution is -0.137. The summed E-state index contributed by atoms with van der Waals surface area (Å²) >= 11 is 0. The van der Waals surface area contributed by atoms with E-state index in [0.717, 1.165) is 6.42 Å². The van der Waals surface area contributed by atoms with Gasteiger partial charge in [-0.2, -0.15) is 0 Å². The van der Waals surface area contributed by atoms with Gasteiger partial charge in [0.2, 0.25) is 0 Å². The van der Waals surface area contributed by atoms with Crippen LogP contribution in [0.25, 0.3) is 0 Å². The first-order valence-corrected chi connectivity index (χ1v) is 9.14. The van der Waals surface area contributed by atoms with E-state index in [2.05, 4.69) is 13.8 Å². The summed E-state index contributed by atoms with van der Waals surface area (Å²) in [5, 5.41) is 21.7. The van der Waals surface area contributed by atoms with Gasteiger partial charge in [-0.3, -0.25) is 4.79 Å². The summed E-state index contributed by atoms with van der Waals surface area (Å²) in [6.45, 7) is 6.08. The van der Waals surface area contributed by atoms with Crippen molar-refractivity contribution in [2.75, 3.05) is 0 Å². The molecule has 24 heavy (non-hydrogen) atoms. The van der Waals surface area contributed by atoms with Crippen LogP contribution in [0.15, 0.2) is 23.8 Å². The fourth-order valence-corrected chi connectivity index (χ4v) is 6.68. The van der Waals surface area contributed by atoms with Gasteiger partial charge in [0.15, 0.2) is 5.78 Å². The van der Waals surface area contributed by atoms with E-state index in [9.17, 15) is 15.0 Å². The molecule has 4 rings (SSSR count). The second-order valence-electron chi connectivity index (χ2n) is 9.05. The second-order valence-corrected chi connectivity index (χ2v) is 9.05. The Kier molecular flexibility index (Phi) is 3.44. The van der Waals surface area contributed by atoms with Gasteiger partial charge < -0.3 is 10.2 Å². The summed E-state index contributed by atoms with van der Waals surface area (Å²) in [7, 11) is 0. The first-order chi connectivity index (χ1) is 11.2. The van der Waals surface area contributed by atoms with Crippen LogP contribution in [0.3, 0.4) is 0 Å². The van der Waals surface area contributed by atoms with Gasteiger partial charge in [0, 0.05) is 11.3 Å². The molecule has 0 aliphatic heterocycles. The highest BCUT2D eigenvalue weighted by Crippen LogP contribution is 2.65. The van der Waals surface area contributed by atoms with Crippen LogP contribution >= 0.6 is 0 Å². The Balaban J connectivity index is 1.79. The quantitative estimate of drug-likeness (QED) is 0.716. The number of aliphatic hydroxyl groups is 2. The van der Waals surface area contributed by atoms with E-state index >= 15 is 4.39 Å². The largest absolute Gasteiger partial charge is 0.393 e. The van der Waals surface area contributed by atoms with Gasteiger partial charge in [-0.05, 0) is 60.2 Å². The molecule has 4 aliphatic rings. The summed E-state index contributed by atoms with van der Waals surface area (Å²) in [6, 6.07) is 0. The average molecular weight is 334 g/mol. The Morgan fingerprint density at radius 2 is 1.96 bits per heavy atom. The van der Waals surface area contributed by atoms with Gasteiger partial charge in [0.1, 0.15) is 6.17 Å². The van der Waals surface area contributed by atoms with Crippen molar-refractivity contribution >= 4 is 5.78 Å². The Morgan fingerprint density at radius 1 is 1.25 bits per heavy atom. The number of fused-ring (bicyclic) bond motifs is 5. The molecule has 0 amide bonds. The van der Waals surface area contributed by atoms with E-state index in [1.165, 1.54) is 12.2 Å². The van der Waals surface area contributed by atoms with E-state index < -0.39 is 23.8 Å². The number of carbonyl (C=O) groups excluding carboxylic acids is 1. The highest BCUT2D eigenvalue weighted by atomic mass is 19.1. The highest BCUT2D eigenvalue weighted by molar-refractivity contribution is 6.01. The topological polar surface area (TPSA) is 57.5 Å². The van der Waals surface area contributed by atoms with E-state index in [1.54, 1.807) is 0 Å². The minimum Gasteiger partial charge on any atom is -0.393 e. The first kappa shape index (κ1) is 16.5. The SMILES string of the molecule is C[C@H]1C[C@H]2[C@@H]3C[C@H](F)C4=CC(=O)C=C[C@]4(C)[C@H]3[C@@H](O)C[C@]2(C)[C@@H]1O. The zero-order chi connectivity index (χ0) is 17.4. The second kappa shape index (κ2) is 5.01. The number of allylic oxidation sites excluding steroid dienone is 4. The molecule has 2 N–H and O–H groups in total. The van der Waals surface area contributed by atoms with Crippen LogP contribution in [0.4, 0.5) is 4.39 Å². The van der Waals surface area contributed by atoms with Crippen molar-refractivity contribution in [1.82, 2.24) is 0 Å². The fraction of sp³-hybridized carbons (Fsp3) is 0.750. The van der Waals surface area contributed by atoms with Crippen LogP contribution < -0.4 is 0 Å². The predicted octanol–water partition coefficient (Wildman–Crippen LogP) is 2.82. The van der Waals surface area contributed by atoms with Crippen molar-refractivity contribution in [3.05, 3.63) is 23.8 Å². The van der Waals surface area contributed by atoms with E-state index in [1.807, 2.05) is 13.0 Å². The maximum absolute atomic E-state index is 15.0. The fourth-order valence-electron chi connectivity index (χ4n) is 6.68. The van der Waals surface area contributed by atoms with Crippen LogP contribution in [-0.2, 0) is 4.79 Å². The molecule has 0 radical (unpaired) electrons. The summed E-state index contributed by atoms with van der Waals surface area (Å²) < 4.78 is 15.0. The summed E-state index contributed by atoms with van der Waals surface area (Å²) in [5.41, 5.74) is -0.412. The molecule has 4 heteroatoms. The molecule has 0 saturated heterocycles. The maximum Gasteiger partial charge on any atom is 0.178 e. The van der Waals surface area contributed by atoms with Gasteiger partial charge in [-0.15, -0.1) is 0 Å². The lowest BCUT2D eigenvalue weighted by Crippen LogP contribution is -2.58. The molecule has 0 bridgehead atoms. The number of rotatable bonds is 0.